The van der Waals surface area contributed by atoms with Crippen LogP contribution in [0.5, 0.6) is 0 Å². The smallest absolute Gasteiger partial charge is 0.331 e. The minimum absolute atomic E-state index is 0.0369. The van der Waals surface area contributed by atoms with Crippen molar-refractivity contribution in [3.63, 3.8) is 0 Å². The summed E-state index contributed by atoms with van der Waals surface area (Å²) in [6.07, 6.45) is -6.68. The van der Waals surface area contributed by atoms with Gasteiger partial charge in [0.15, 0.2) is 6.29 Å². The van der Waals surface area contributed by atoms with Crippen molar-refractivity contribution in [2.75, 3.05) is 13.2 Å². The zero-order valence-corrected chi connectivity index (χ0v) is 23.5. The minimum atomic E-state index is -1.67. The van der Waals surface area contributed by atoms with Crippen molar-refractivity contribution in [1.29, 1.82) is 0 Å². The van der Waals surface area contributed by atoms with Gasteiger partial charge in [-0.2, -0.15) is 0 Å². The molecule has 6 aliphatic rings. The van der Waals surface area contributed by atoms with Crippen molar-refractivity contribution in [3.8, 4) is 0 Å². The van der Waals surface area contributed by atoms with E-state index in [0.717, 1.165) is 5.57 Å². The van der Waals surface area contributed by atoms with E-state index in [-0.39, 0.29) is 38.2 Å². The molecule has 0 bridgehead atoms. The van der Waals surface area contributed by atoms with Gasteiger partial charge in [0.05, 0.1) is 47.6 Å². The van der Waals surface area contributed by atoms with Crippen molar-refractivity contribution < 1.29 is 59.9 Å². The molecule has 0 amide bonds. The summed E-state index contributed by atoms with van der Waals surface area (Å²) in [7, 11) is 0. The number of carbonyl (C=O) groups is 1. The SMILES string of the molecule is C[C@@H]1O[C@@H](O[C@H]2C[C@H](O)[C@]3(CO)[C@@H]4C(CC[C@]3(O)C2)[C@@]2(O)CC[C@H](C3=CC(=O)OC3)[C@@]2(C)C[C@H]4O)[C@H](O)[C@H](O)[C@H]1O. The molecule has 4 saturated carbocycles. The largest absolute Gasteiger partial charge is 0.458 e. The van der Waals surface area contributed by atoms with Crippen molar-refractivity contribution in [1.82, 2.24) is 0 Å². The highest BCUT2D eigenvalue weighted by molar-refractivity contribution is 5.85. The Morgan fingerprint density at radius 1 is 1.02 bits per heavy atom. The van der Waals surface area contributed by atoms with E-state index in [0.29, 0.717) is 19.3 Å². The van der Waals surface area contributed by atoms with E-state index in [2.05, 4.69) is 0 Å². The molecule has 4 aliphatic carbocycles. The third-order valence-corrected chi connectivity index (χ3v) is 12.2. The van der Waals surface area contributed by atoms with Crippen LogP contribution in [0.1, 0.15) is 58.8 Å². The van der Waals surface area contributed by atoms with Gasteiger partial charge >= 0.3 is 5.97 Å². The molecule has 1 saturated heterocycles. The Kier molecular flexibility index (Phi) is 7.22. The standard InChI is InChI=1S/C29H44O12/c1-13-22(34)23(35)24(36)25(40-13)41-15-8-19(32)28(12-30)21-17(3-5-27(28,37)9-15)29(38)6-4-16(14-7-20(33)39-11-14)26(29,2)10-18(21)31/h7,13,15-19,21-25,30-32,34-38H,3-6,8-12H2,1-2H3/t13-,15-,16+,17?,18+,19-,21+,22-,23+,24+,25-,26+,27-,28+,29-/m0/s1. The van der Waals surface area contributed by atoms with Gasteiger partial charge < -0.3 is 55.1 Å². The lowest BCUT2D eigenvalue weighted by molar-refractivity contribution is -0.342. The van der Waals surface area contributed by atoms with Crippen molar-refractivity contribution in [3.05, 3.63) is 11.6 Å². The van der Waals surface area contributed by atoms with E-state index >= 15 is 0 Å². The summed E-state index contributed by atoms with van der Waals surface area (Å²) in [6, 6.07) is 0. The Labute approximate surface area is 238 Å². The molecular weight excluding hydrogens is 540 g/mol. The molecule has 6 rings (SSSR count). The molecule has 15 atom stereocenters. The Hall–Kier alpha value is -1.19. The molecule has 0 spiro atoms. The van der Waals surface area contributed by atoms with Gasteiger partial charge in [-0.15, -0.1) is 0 Å². The number of cyclic esters (lactones) is 1. The van der Waals surface area contributed by atoms with Gasteiger partial charge in [0.25, 0.3) is 0 Å². The molecule has 0 radical (unpaired) electrons. The van der Waals surface area contributed by atoms with Crippen LogP contribution >= 0.6 is 0 Å². The van der Waals surface area contributed by atoms with Gasteiger partial charge in [0.1, 0.15) is 24.9 Å². The molecule has 0 aromatic carbocycles. The first-order valence-corrected chi connectivity index (χ1v) is 14.9. The summed E-state index contributed by atoms with van der Waals surface area (Å²) in [5.41, 5.74) is -4.46. The van der Waals surface area contributed by atoms with Crippen LogP contribution in [0.2, 0.25) is 0 Å². The van der Waals surface area contributed by atoms with Crippen LogP contribution in [0.25, 0.3) is 0 Å². The third kappa shape index (κ3) is 3.99. The molecule has 12 heteroatoms. The van der Waals surface area contributed by atoms with E-state index in [1.807, 2.05) is 6.92 Å². The van der Waals surface area contributed by atoms with Crippen LogP contribution in [-0.4, -0.2) is 120 Å². The van der Waals surface area contributed by atoms with Crippen molar-refractivity contribution >= 4 is 5.97 Å². The number of hydrogen-bond donors (Lipinski definition) is 8. The average molecular weight is 585 g/mol. The second-order valence-corrected chi connectivity index (χ2v) is 13.8. The van der Waals surface area contributed by atoms with Crippen LogP contribution in [-0.2, 0) is 19.0 Å². The molecule has 5 fully saturated rings. The Morgan fingerprint density at radius 2 is 1.76 bits per heavy atom. The molecule has 2 aliphatic heterocycles. The fourth-order valence-corrected chi connectivity index (χ4v) is 10.1. The maximum Gasteiger partial charge on any atom is 0.331 e. The number of aliphatic hydroxyl groups excluding tert-OH is 6. The number of rotatable bonds is 4. The first-order valence-electron chi connectivity index (χ1n) is 14.9. The van der Waals surface area contributed by atoms with Crippen LogP contribution < -0.4 is 0 Å². The Balaban J connectivity index is 1.28. The summed E-state index contributed by atoms with van der Waals surface area (Å²) in [5, 5.41) is 89.6. The predicted molar refractivity (Wildman–Crippen MR) is 139 cm³/mol. The van der Waals surface area contributed by atoms with Crippen LogP contribution in [0, 0.1) is 28.6 Å². The monoisotopic (exact) mass is 584 g/mol. The highest BCUT2D eigenvalue weighted by Gasteiger charge is 2.75. The normalized spacial score (nSPS) is 56.9. The van der Waals surface area contributed by atoms with Crippen molar-refractivity contribution in [2.24, 2.45) is 28.6 Å². The zero-order valence-electron chi connectivity index (χ0n) is 23.5. The number of carbonyl (C=O) groups excluding carboxylic acids is 1. The fourth-order valence-electron chi connectivity index (χ4n) is 10.1. The minimum Gasteiger partial charge on any atom is -0.458 e. The van der Waals surface area contributed by atoms with Crippen LogP contribution in [0.15, 0.2) is 11.6 Å². The van der Waals surface area contributed by atoms with Gasteiger partial charge in [-0.3, -0.25) is 0 Å². The maximum absolute atomic E-state index is 12.4. The first kappa shape index (κ1) is 29.9. The number of aliphatic hydroxyl groups is 8. The maximum atomic E-state index is 12.4. The molecule has 1 unspecified atom stereocenters. The third-order valence-electron chi connectivity index (χ3n) is 12.2. The van der Waals surface area contributed by atoms with E-state index < -0.39 is 95.5 Å². The van der Waals surface area contributed by atoms with Gasteiger partial charge in [0.2, 0.25) is 0 Å². The lowest BCUT2D eigenvalue weighted by Crippen LogP contribution is -2.76. The number of hydrogen-bond acceptors (Lipinski definition) is 12. The van der Waals surface area contributed by atoms with Crippen LogP contribution in [0.3, 0.4) is 0 Å². The summed E-state index contributed by atoms with van der Waals surface area (Å²) in [6.45, 7) is 3.00. The van der Waals surface area contributed by atoms with Crippen LogP contribution in [0.4, 0.5) is 0 Å². The van der Waals surface area contributed by atoms with E-state index in [1.54, 1.807) is 0 Å². The summed E-state index contributed by atoms with van der Waals surface area (Å²) in [5.74, 6) is -1.93. The Bertz CT molecular complexity index is 1080. The first-order chi connectivity index (χ1) is 19.2. The second-order valence-electron chi connectivity index (χ2n) is 13.8. The molecule has 41 heavy (non-hydrogen) atoms. The Morgan fingerprint density at radius 3 is 2.41 bits per heavy atom. The molecule has 12 nitrogen and oxygen atoms in total. The van der Waals surface area contributed by atoms with Gasteiger partial charge in [-0.05, 0) is 56.4 Å². The zero-order chi connectivity index (χ0) is 29.7. The molecule has 0 aromatic rings. The molecular formula is C29H44O12. The number of ether oxygens (including phenoxy) is 3. The molecule has 0 aromatic heterocycles. The van der Waals surface area contributed by atoms with Gasteiger partial charge in [0, 0.05) is 30.3 Å². The summed E-state index contributed by atoms with van der Waals surface area (Å²) in [4.78, 5) is 11.8. The van der Waals surface area contributed by atoms with E-state index in [9.17, 15) is 45.6 Å². The summed E-state index contributed by atoms with van der Waals surface area (Å²) < 4.78 is 16.7. The van der Waals surface area contributed by atoms with E-state index in [4.69, 9.17) is 14.2 Å². The lowest BCUT2D eigenvalue weighted by atomic mass is 9.40. The highest BCUT2D eigenvalue weighted by atomic mass is 16.7. The van der Waals surface area contributed by atoms with E-state index in [1.165, 1.54) is 13.0 Å². The predicted octanol–water partition coefficient (Wildman–Crippen LogP) is -1.51. The summed E-state index contributed by atoms with van der Waals surface area (Å²) >= 11 is 0. The van der Waals surface area contributed by atoms with Gasteiger partial charge in [-0.25, -0.2) is 4.79 Å². The molecule has 8 N–H and O–H groups in total. The highest BCUT2D eigenvalue weighted by Crippen LogP contribution is 2.70. The number of fused-ring (bicyclic) bond motifs is 5. The second kappa shape index (κ2) is 9.91. The quantitative estimate of drug-likeness (QED) is 0.140. The lowest BCUT2D eigenvalue weighted by Gasteiger charge is -2.68. The molecule has 2 heterocycles. The fraction of sp³-hybridized carbons (Fsp3) is 0.897. The number of esters is 1. The average Bonchev–Trinajstić information content (AvgIpc) is 3.45. The molecule has 232 valence electrons. The van der Waals surface area contributed by atoms with Gasteiger partial charge in [-0.1, -0.05) is 6.92 Å². The van der Waals surface area contributed by atoms with Crippen molar-refractivity contribution in [2.45, 2.75) is 119 Å². The topological polar surface area (TPSA) is 207 Å².